The first-order valence-electron chi connectivity index (χ1n) is 7.84. The molecule has 1 N–H and O–H groups in total. The molecule has 0 fully saturated rings. The van der Waals surface area contributed by atoms with Crippen LogP contribution in [0.2, 0.25) is 0 Å². The minimum atomic E-state index is -1.01. The lowest BCUT2D eigenvalue weighted by Crippen LogP contribution is -2.11. The second-order valence-corrected chi connectivity index (χ2v) is 7.00. The van der Waals surface area contributed by atoms with E-state index < -0.39 is 5.97 Å². The highest BCUT2D eigenvalue weighted by Gasteiger charge is 2.37. The van der Waals surface area contributed by atoms with Crippen molar-refractivity contribution in [1.82, 2.24) is 4.57 Å². The molecule has 0 aliphatic heterocycles. The number of carbonyl (C=O) groups excluding carboxylic acids is 1. The predicted octanol–water partition coefficient (Wildman–Crippen LogP) is 4.52. The number of rotatable bonds is 3. The van der Waals surface area contributed by atoms with E-state index in [9.17, 15) is 14.7 Å². The third-order valence-corrected chi connectivity index (χ3v) is 5.12. The number of halogens is 1. The lowest BCUT2D eigenvalue weighted by Gasteiger charge is -2.10. The Labute approximate surface area is 152 Å². The molecule has 0 spiro atoms. The molecule has 1 aromatic heterocycles. The van der Waals surface area contributed by atoms with E-state index >= 15 is 0 Å². The summed E-state index contributed by atoms with van der Waals surface area (Å²) in [5.41, 5.74) is 4.05. The van der Waals surface area contributed by atoms with Gasteiger partial charge in [-0.05, 0) is 36.2 Å². The van der Waals surface area contributed by atoms with Crippen LogP contribution in [-0.2, 0) is 6.54 Å². The number of carboxylic acid groups (broad SMARTS) is 1. The van der Waals surface area contributed by atoms with Gasteiger partial charge in [-0.25, -0.2) is 4.79 Å². The number of ketones is 1. The molecule has 25 heavy (non-hydrogen) atoms. The number of aromatic nitrogens is 1. The first-order chi connectivity index (χ1) is 12.0. The van der Waals surface area contributed by atoms with Crippen molar-refractivity contribution >= 4 is 27.7 Å². The SMILES string of the molecule is Cc1c(C(=O)O)c2c(n1Cc1ccccc1)C(=O)c1ccc(Br)cc1-2. The zero-order valence-electron chi connectivity index (χ0n) is 13.4. The highest BCUT2D eigenvalue weighted by Crippen LogP contribution is 2.43. The van der Waals surface area contributed by atoms with Crippen LogP contribution in [0.5, 0.6) is 0 Å². The van der Waals surface area contributed by atoms with Gasteiger partial charge in [0.25, 0.3) is 0 Å². The van der Waals surface area contributed by atoms with Crippen LogP contribution >= 0.6 is 15.9 Å². The normalized spacial score (nSPS) is 12.2. The van der Waals surface area contributed by atoms with Gasteiger partial charge in [-0.3, -0.25) is 4.79 Å². The van der Waals surface area contributed by atoms with Gasteiger partial charge in [-0.15, -0.1) is 0 Å². The zero-order valence-corrected chi connectivity index (χ0v) is 15.0. The van der Waals surface area contributed by atoms with Crippen LogP contribution in [0.1, 0.15) is 37.7 Å². The zero-order chi connectivity index (χ0) is 17.7. The average Bonchev–Trinajstić information content (AvgIpc) is 3.02. The van der Waals surface area contributed by atoms with Gasteiger partial charge in [-0.1, -0.05) is 46.3 Å². The Bertz CT molecular complexity index is 1030. The summed E-state index contributed by atoms with van der Waals surface area (Å²) in [6.45, 7) is 2.22. The summed E-state index contributed by atoms with van der Waals surface area (Å²) in [5, 5.41) is 9.75. The molecule has 0 unspecified atom stereocenters. The minimum absolute atomic E-state index is 0.121. The minimum Gasteiger partial charge on any atom is -0.478 e. The van der Waals surface area contributed by atoms with Crippen molar-refractivity contribution < 1.29 is 14.7 Å². The highest BCUT2D eigenvalue weighted by atomic mass is 79.9. The summed E-state index contributed by atoms with van der Waals surface area (Å²) in [4.78, 5) is 24.9. The Balaban J connectivity index is 1.99. The first kappa shape index (κ1) is 15.8. The van der Waals surface area contributed by atoms with Crippen molar-refractivity contribution in [3.8, 4) is 11.1 Å². The smallest absolute Gasteiger partial charge is 0.338 e. The average molecular weight is 396 g/mol. The van der Waals surface area contributed by atoms with Crippen molar-refractivity contribution in [3.63, 3.8) is 0 Å². The molecule has 1 aliphatic rings. The maximum Gasteiger partial charge on any atom is 0.338 e. The van der Waals surface area contributed by atoms with Gasteiger partial charge in [0.2, 0.25) is 5.78 Å². The van der Waals surface area contributed by atoms with E-state index in [2.05, 4.69) is 15.9 Å². The molecule has 0 atom stereocenters. The quantitative estimate of drug-likeness (QED) is 0.554. The van der Waals surface area contributed by atoms with E-state index in [-0.39, 0.29) is 11.3 Å². The molecule has 5 heteroatoms. The molecule has 0 radical (unpaired) electrons. The molecule has 1 aliphatic carbocycles. The van der Waals surface area contributed by atoms with Gasteiger partial charge in [-0.2, -0.15) is 0 Å². The summed E-state index contributed by atoms with van der Waals surface area (Å²) < 4.78 is 2.64. The first-order valence-corrected chi connectivity index (χ1v) is 8.63. The van der Waals surface area contributed by atoms with Gasteiger partial charge in [0.05, 0.1) is 11.3 Å². The Kier molecular flexibility index (Phi) is 3.62. The van der Waals surface area contributed by atoms with Crippen LogP contribution in [-0.4, -0.2) is 21.4 Å². The lowest BCUT2D eigenvalue weighted by molar-refractivity contribution is 0.0696. The molecular formula is C20H14BrNO3. The molecule has 0 saturated heterocycles. The fourth-order valence-electron chi connectivity index (χ4n) is 3.51. The Morgan fingerprint density at radius 3 is 2.52 bits per heavy atom. The van der Waals surface area contributed by atoms with Crippen LogP contribution in [0.15, 0.2) is 53.0 Å². The van der Waals surface area contributed by atoms with E-state index in [0.29, 0.717) is 34.6 Å². The van der Waals surface area contributed by atoms with Crippen LogP contribution in [0.25, 0.3) is 11.1 Å². The largest absolute Gasteiger partial charge is 0.478 e. The summed E-state index contributed by atoms with van der Waals surface area (Å²) in [7, 11) is 0. The van der Waals surface area contributed by atoms with Crippen LogP contribution < -0.4 is 0 Å². The predicted molar refractivity (Wildman–Crippen MR) is 98.2 cm³/mol. The Morgan fingerprint density at radius 2 is 1.84 bits per heavy atom. The lowest BCUT2D eigenvalue weighted by atomic mass is 10.0. The van der Waals surface area contributed by atoms with Crippen molar-refractivity contribution in [2.24, 2.45) is 0 Å². The molecule has 1 heterocycles. The number of fused-ring (bicyclic) bond motifs is 3. The molecule has 4 nitrogen and oxygen atoms in total. The third kappa shape index (κ3) is 2.35. The monoisotopic (exact) mass is 395 g/mol. The number of benzene rings is 2. The number of hydrogen-bond donors (Lipinski definition) is 1. The summed E-state index contributed by atoms with van der Waals surface area (Å²) in [5.74, 6) is -1.13. The fraction of sp³-hybridized carbons (Fsp3) is 0.100. The number of nitrogens with zero attached hydrogens (tertiary/aromatic N) is 1. The molecule has 2 aromatic carbocycles. The third-order valence-electron chi connectivity index (χ3n) is 4.63. The molecular weight excluding hydrogens is 382 g/mol. The van der Waals surface area contributed by atoms with Crippen molar-refractivity contribution in [3.05, 3.63) is 81.1 Å². The standard InChI is InChI=1S/C20H14BrNO3/c1-11-16(20(24)25)17-15-9-13(21)7-8-14(15)19(23)18(17)22(11)10-12-5-3-2-4-6-12/h2-9H,10H2,1H3,(H,24,25). The Hall–Kier alpha value is -2.66. The van der Waals surface area contributed by atoms with E-state index in [0.717, 1.165) is 10.0 Å². The van der Waals surface area contributed by atoms with Crippen molar-refractivity contribution in [1.29, 1.82) is 0 Å². The molecule has 4 rings (SSSR count). The highest BCUT2D eigenvalue weighted by molar-refractivity contribution is 9.10. The van der Waals surface area contributed by atoms with Crippen molar-refractivity contribution in [2.45, 2.75) is 13.5 Å². The van der Waals surface area contributed by atoms with Gasteiger partial charge < -0.3 is 9.67 Å². The van der Waals surface area contributed by atoms with Gasteiger partial charge >= 0.3 is 5.97 Å². The van der Waals surface area contributed by atoms with E-state index in [4.69, 9.17) is 0 Å². The summed E-state index contributed by atoms with van der Waals surface area (Å²) >= 11 is 3.41. The number of hydrogen-bond acceptors (Lipinski definition) is 2. The van der Waals surface area contributed by atoms with Crippen LogP contribution in [0.4, 0.5) is 0 Å². The van der Waals surface area contributed by atoms with E-state index in [1.54, 1.807) is 19.1 Å². The van der Waals surface area contributed by atoms with Crippen LogP contribution in [0, 0.1) is 6.92 Å². The van der Waals surface area contributed by atoms with E-state index in [1.807, 2.05) is 41.0 Å². The molecule has 0 saturated carbocycles. The summed E-state index contributed by atoms with van der Waals surface area (Å²) in [6, 6.07) is 15.1. The Morgan fingerprint density at radius 1 is 1.12 bits per heavy atom. The second-order valence-electron chi connectivity index (χ2n) is 6.08. The van der Waals surface area contributed by atoms with Crippen LogP contribution in [0.3, 0.4) is 0 Å². The topological polar surface area (TPSA) is 59.3 Å². The fourth-order valence-corrected chi connectivity index (χ4v) is 3.87. The number of carbonyl (C=O) groups is 2. The maximum absolute atomic E-state index is 13.0. The molecule has 124 valence electrons. The molecule has 0 amide bonds. The number of carboxylic acids is 1. The second kappa shape index (κ2) is 5.70. The van der Waals surface area contributed by atoms with Gasteiger partial charge in [0, 0.05) is 27.8 Å². The van der Waals surface area contributed by atoms with Gasteiger partial charge in [0.15, 0.2) is 0 Å². The number of aromatic carboxylic acids is 1. The van der Waals surface area contributed by atoms with Crippen molar-refractivity contribution in [2.75, 3.05) is 0 Å². The molecule has 0 bridgehead atoms. The molecule has 3 aromatic rings. The van der Waals surface area contributed by atoms with Gasteiger partial charge in [0.1, 0.15) is 0 Å². The summed E-state index contributed by atoms with van der Waals surface area (Å²) in [6.07, 6.45) is 0. The van der Waals surface area contributed by atoms with E-state index in [1.165, 1.54) is 0 Å². The maximum atomic E-state index is 13.0.